The lowest BCUT2D eigenvalue weighted by molar-refractivity contribution is 0.0793. The second-order valence-corrected chi connectivity index (χ2v) is 9.01. The summed E-state index contributed by atoms with van der Waals surface area (Å²) < 4.78 is 28.3. The van der Waals surface area contributed by atoms with Crippen LogP contribution in [0.3, 0.4) is 0 Å². The Morgan fingerprint density at radius 1 is 0.889 bits per heavy atom. The zero-order valence-corrected chi connectivity index (χ0v) is 16.1. The highest BCUT2D eigenvalue weighted by molar-refractivity contribution is 7.92. The van der Waals surface area contributed by atoms with Crippen LogP contribution in [0.15, 0.2) is 47.4 Å². The summed E-state index contributed by atoms with van der Waals surface area (Å²) in [5.74, 6) is -0.0395. The van der Waals surface area contributed by atoms with Crippen LogP contribution in [0.2, 0.25) is 0 Å². The molecule has 0 bridgehead atoms. The van der Waals surface area contributed by atoms with Gasteiger partial charge in [0.15, 0.2) is 0 Å². The van der Waals surface area contributed by atoms with Crippen molar-refractivity contribution in [1.82, 2.24) is 4.90 Å². The van der Waals surface area contributed by atoms with Crippen molar-refractivity contribution in [3.8, 4) is 0 Å². The number of nitrogens with zero attached hydrogens (tertiary/aromatic N) is 1. The van der Waals surface area contributed by atoms with E-state index in [-0.39, 0.29) is 10.8 Å². The van der Waals surface area contributed by atoms with Gasteiger partial charge in [0.05, 0.1) is 4.90 Å². The summed E-state index contributed by atoms with van der Waals surface area (Å²) in [5.41, 5.74) is 3.31. The first-order valence-electron chi connectivity index (χ1n) is 9.57. The van der Waals surface area contributed by atoms with Gasteiger partial charge in [0.25, 0.3) is 15.9 Å². The van der Waals surface area contributed by atoms with Gasteiger partial charge in [0.2, 0.25) is 0 Å². The Morgan fingerprint density at radius 3 is 2.41 bits per heavy atom. The molecule has 1 amide bonds. The largest absolute Gasteiger partial charge is 0.339 e. The van der Waals surface area contributed by atoms with Gasteiger partial charge in [0, 0.05) is 24.3 Å². The number of benzene rings is 2. The molecule has 1 aliphatic carbocycles. The lowest BCUT2D eigenvalue weighted by Gasteiger charge is -2.18. The van der Waals surface area contributed by atoms with Gasteiger partial charge in [-0.05, 0) is 80.0 Å². The fraction of sp³-hybridized carbons (Fsp3) is 0.381. The molecule has 6 heteroatoms. The van der Waals surface area contributed by atoms with Crippen molar-refractivity contribution in [3.63, 3.8) is 0 Å². The van der Waals surface area contributed by atoms with Crippen LogP contribution in [0.4, 0.5) is 5.69 Å². The number of likely N-dealkylation sites (tertiary alicyclic amines) is 1. The van der Waals surface area contributed by atoms with E-state index in [1.54, 1.807) is 36.4 Å². The summed E-state index contributed by atoms with van der Waals surface area (Å²) in [5, 5.41) is 0. The highest BCUT2D eigenvalue weighted by Gasteiger charge is 2.21. The van der Waals surface area contributed by atoms with Crippen molar-refractivity contribution < 1.29 is 13.2 Å². The van der Waals surface area contributed by atoms with E-state index >= 15 is 0 Å². The fourth-order valence-corrected chi connectivity index (χ4v) is 5.01. The van der Waals surface area contributed by atoms with E-state index in [2.05, 4.69) is 4.72 Å². The number of anilines is 1. The van der Waals surface area contributed by atoms with Crippen molar-refractivity contribution in [2.45, 2.75) is 43.4 Å². The SMILES string of the molecule is O=C(c1cccc(NS(=O)(=O)c2ccc3c(c2)CCCC3)c1)N1CCCC1. The van der Waals surface area contributed by atoms with Gasteiger partial charge in [0.1, 0.15) is 0 Å². The Balaban J connectivity index is 1.56. The molecule has 1 fully saturated rings. The summed E-state index contributed by atoms with van der Waals surface area (Å²) in [7, 11) is -3.68. The molecule has 2 aromatic carbocycles. The average Bonchev–Trinajstić information content (AvgIpc) is 3.21. The predicted molar refractivity (Wildman–Crippen MR) is 105 cm³/mol. The van der Waals surface area contributed by atoms with Crippen molar-refractivity contribution in [2.24, 2.45) is 0 Å². The standard InChI is InChI=1S/C21H24N2O3S/c24-21(23-12-3-4-13-23)18-8-5-9-19(14-18)22-27(25,26)20-11-10-16-6-1-2-7-17(16)15-20/h5,8-11,14-15,22H,1-4,6-7,12-13H2. The Kier molecular flexibility index (Phi) is 4.91. The number of rotatable bonds is 4. The predicted octanol–water partition coefficient (Wildman–Crippen LogP) is 3.60. The molecule has 0 unspecified atom stereocenters. The Labute approximate surface area is 160 Å². The molecular weight excluding hydrogens is 360 g/mol. The summed E-state index contributed by atoms with van der Waals surface area (Å²) in [6, 6.07) is 12.1. The zero-order valence-electron chi connectivity index (χ0n) is 15.3. The molecule has 2 aromatic rings. The Hall–Kier alpha value is -2.34. The fourth-order valence-electron chi connectivity index (χ4n) is 3.91. The molecule has 5 nitrogen and oxygen atoms in total. The van der Waals surface area contributed by atoms with E-state index in [9.17, 15) is 13.2 Å². The van der Waals surface area contributed by atoms with Gasteiger partial charge in [-0.15, -0.1) is 0 Å². The van der Waals surface area contributed by atoms with Crippen LogP contribution in [-0.4, -0.2) is 32.3 Å². The van der Waals surface area contributed by atoms with E-state index in [1.165, 1.54) is 5.56 Å². The van der Waals surface area contributed by atoms with Crippen LogP contribution >= 0.6 is 0 Å². The van der Waals surface area contributed by atoms with Crippen molar-refractivity contribution in [1.29, 1.82) is 0 Å². The zero-order chi connectivity index (χ0) is 18.9. The maximum Gasteiger partial charge on any atom is 0.261 e. The topological polar surface area (TPSA) is 66.5 Å². The molecule has 0 saturated carbocycles. The molecule has 142 valence electrons. The Morgan fingerprint density at radius 2 is 1.63 bits per heavy atom. The van der Waals surface area contributed by atoms with E-state index in [1.807, 2.05) is 11.0 Å². The number of amides is 1. The third kappa shape index (κ3) is 3.86. The van der Waals surface area contributed by atoms with E-state index in [0.717, 1.165) is 57.2 Å². The molecule has 0 spiro atoms. The minimum atomic E-state index is -3.68. The molecule has 1 saturated heterocycles. The minimum Gasteiger partial charge on any atom is -0.339 e. The number of hydrogen-bond donors (Lipinski definition) is 1. The van der Waals surface area contributed by atoms with E-state index in [0.29, 0.717) is 11.3 Å². The second kappa shape index (κ2) is 7.35. The highest BCUT2D eigenvalue weighted by Crippen LogP contribution is 2.25. The first-order chi connectivity index (χ1) is 13.0. The van der Waals surface area contributed by atoms with Gasteiger partial charge in [-0.1, -0.05) is 12.1 Å². The third-order valence-corrected chi connectivity index (χ3v) is 6.76. The molecule has 0 aromatic heterocycles. The lowest BCUT2D eigenvalue weighted by atomic mass is 9.92. The van der Waals surface area contributed by atoms with Crippen molar-refractivity contribution in [2.75, 3.05) is 17.8 Å². The number of nitrogens with one attached hydrogen (secondary N) is 1. The number of fused-ring (bicyclic) bond motifs is 1. The highest BCUT2D eigenvalue weighted by atomic mass is 32.2. The smallest absolute Gasteiger partial charge is 0.261 e. The number of sulfonamides is 1. The van der Waals surface area contributed by atoms with Gasteiger partial charge < -0.3 is 4.90 Å². The first-order valence-corrected chi connectivity index (χ1v) is 11.1. The molecular formula is C21H24N2O3S. The summed E-state index contributed by atoms with van der Waals surface area (Å²) in [6.45, 7) is 1.54. The lowest BCUT2D eigenvalue weighted by Crippen LogP contribution is -2.27. The van der Waals surface area contributed by atoms with Crippen LogP contribution in [0.5, 0.6) is 0 Å². The average molecular weight is 385 g/mol. The van der Waals surface area contributed by atoms with Crippen LogP contribution in [-0.2, 0) is 22.9 Å². The summed E-state index contributed by atoms with van der Waals surface area (Å²) >= 11 is 0. The monoisotopic (exact) mass is 384 g/mol. The number of carbonyl (C=O) groups is 1. The van der Waals surface area contributed by atoms with Gasteiger partial charge in [-0.25, -0.2) is 8.42 Å². The molecule has 1 N–H and O–H groups in total. The molecule has 0 atom stereocenters. The van der Waals surface area contributed by atoms with Gasteiger partial charge >= 0.3 is 0 Å². The van der Waals surface area contributed by atoms with Gasteiger partial charge in [-0.2, -0.15) is 0 Å². The normalized spacial score (nSPS) is 16.8. The number of carbonyl (C=O) groups excluding carboxylic acids is 1. The molecule has 4 rings (SSSR count). The van der Waals surface area contributed by atoms with Crippen molar-refractivity contribution in [3.05, 3.63) is 59.2 Å². The van der Waals surface area contributed by atoms with E-state index < -0.39 is 10.0 Å². The maximum absolute atomic E-state index is 12.8. The molecule has 1 heterocycles. The number of hydrogen-bond acceptors (Lipinski definition) is 3. The summed E-state index contributed by atoms with van der Waals surface area (Å²) in [6.07, 6.45) is 6.26. The minimum absolute atomic E-state index is 0.0395. The molecule has 0 radical (unpaired) electrons. The molecule has 2 aliphatic rings. The number of aryl methyl sites for hydroxylation is 2. The second-order valence-electron chi connectivity index (χ2n) is 7.32. The van der Waals surface area contributed by atoms with Crippen LogP contribution in [0, 0.1) is 0 Å². The van der Waals surface area contributed by atoms with Crippen LogP contribution < -0.4 is 4.72 Å². The van der Waals surface area contributed by atoms with Crippen LogP contribution in [0.1, 0.15) is 47.2 Å². The molecule has 1 aliphatic heterocycles. The maximum atomic E-state index is 12.8. The molecule has 27 heavy (non-hydrogen) atoms. The van der Waals surface area contributed by atoms with Gasteiger partial charge in [-0.3, -0.25) is 9.52 Å². The quantitative estimate of drug-likeness (QED) is 0.876. The van der Waals surface area contributed by atoms with Crippen molar-refractivity contribution >= 4 is 21.6 Å². The Bertz CT molecular complexity index is 963. The van der Waals surface area contributed by atoms with E-state index in [4.69, 9.17) is 0 Å². The van der Waals surface area contributed by atoms with Crippen LogP contribution in [0.25, 0.3) is 0 Å². The first kappa shape index (κ1) is 18.0. The summed E-state index contributed by atoms with van der Waals surface area (Å²) in [4.78, 5) is 14.6. The third-order valence-electron chi connectivity index (χ3n) is 5.39.